The zero-order valence-corrected chi connectivity index (χ0v) is 19.1. The number of hydrogen-bond acceptors (Lipinski definition) is 6. The van der Waals surface area contributed by atoms with Gasteiger partial charge in [-0.25, -0.2) is 0 Å². The van der Waals surface area contributed by atoms with Crippen LogP contribution in [0.3, 0.4) is 0 Å². The lowest BCUT2D eigenvalue weighted by molar-refractivity contribution is 0.0935. The zero-order valence-electron chi connectivity index (χ0n) is 18.2. The molecule has 3 aromatic rings. The second-order valence-electron chi connectivity index (χ2n) is 7.97. The van der Waals surface area contributed by atoms with E-state index < -0.39 is 0 Å². The molecule has 4 rings (SSSR count). The van der Waals surface area contributed by atoms with E-state index in [-0.39, 0.29) is 6.10 Å². The molecule has 31 heavy (non-hydrogen) atoms. The summed E-state index contributed by atoms with van der Waals surface area (Å²) >= 11 is 1.75. The number of benzene rings is 1. The van der Waals surface area contributed by atoms with Crippen LogP contribution in [0.1, 0.15) is 35.6 Å². The highest BCUT2D eigenvalue weighted by atomic mass is 32.2. The van der Waals surface area contributed by atoms with Gasteiger partial charge in [0.25, 0.3) is 0 Å². The molecule has 164 valence electrons. The van der Waals surface area contributed by atoms with Gasteiger partial charge in [-0.05, 0) is 56.1 Å². The Balaban J connectivity index is 1.43. The third-order valence-electron chi connectivity index (χ3n) is 5.48. The molecule has 1 aliphatic rings. The molecule has 7 heteroatoms. The fraction of sp³-hybridized carbons (Fsp3) is 0.417. The summed E-state index contributed by atoms with van der Waals surface area (Å²) in [5.74, 6) is 2.74. The lowest BCUT2D eigenvalue weighted by Gasteiger charge is -2.18. The average molecular weight is 439 g/mol. The van der Waals surface area contributed by atoms with E-state index in [1.165, 1.54) is 11.1 Å². The second-order valence-corrected chi connectivity index (χ2v) is 8.92. The molecular weight excluding hydrogens is 408 g/mol. The predicted octanol–water partition coefficient (Wildman–Crippen LogP) is 4.80. The summed E-state index contributed by atoms with van der Waals surface area (Å²) in [6.45, 7) is 5.36. The van der Waals surface area contributed by atoms with Crippen LogP contribution >= 0.6 is 11.8 Å². The fourth-order valence-corrected chi connectivity index (χ4v) is 4.72. The van der Waals surface area contributed by atoms with E-state index in [2.05, 4.69) is 64.0 Å². The van der Waals surface area contributed by atoms with Gasteiger partial charge < -0.3 is 13.7 Å². The van der Waals surface area contributed by atoms with Crippen molar-refractivity contribution in [3.63, 3.8) is 0 Å². The van der Waals surface area contributed by atoms with Crippen molar-refractivity contribution >= 4 is 17.8 Å². The molecule has 3 heterocycles. The van der Waals surface area contributed by atoms with Crippen molar-refractivity contribution in [2.45, 2.75) is 49.9 Å². The standard InChI is InChI=1S/C24H30N4O2S/c1-19-8-3-4-9-20(19)18-31-24-26-25-23(28(24)16-22-12-7-15-30-22)17-27(2)13-5-10-21-11-6-14-29-21/h3-6,8-11,14,22H,7,12-13,15-18H2,1-2H3/b10-5+. The Bertz CT molecular complexity index is 977. The summed E-state index contributed by atoms with van der Waals surface area (Å²) in [5.41, 5.74) is 2.64. The lowest BCUT2D eigenvalue weighted by atomic mass is 10.1. The van der Waals surface area contributed by atoms with Gasteiger partial charge in [0.05, 0.1) is 25.5 Å². The largest absolute Gasteiger partial charge is 0.465 e. The molecule has 0 N–H and O–H groups in total. The molecule has 6 nitrogen and oxygen atoms in total. The number of thioether (sulfide) groups is 1. The molecule has 1 unspecified atom stereocenters. The first kappa shape index (κ1) is 21.9. The molecule has 0 saturated carbocycles. The van der Waals surface area contributed by atoms with Crippen LogP contribution in [-0.4, -0.2) is 46.0 Å². The summed E-state index contributed by atoms with van der Waals surface area (Å²) in [6, 6.07) is 12.4. The van der Waals surface area contributed by atoms with Crippen molar-refractivity contribution in [1.82, 2.24) is 19.7 Å². The first-order chi connectivity index (χ1) is 15.2. The van der Waals surface area contributed by atoms with Gasteiger partial charge in [0.15, 0.2) is 5.16 Å². The first-order valence-corrected chi connectivity index (χ1v) is 11.8. The molecule has 1 saturated heterocycles. The fourth-order valence-electron chi connectivity index (χ4n) is 3.67. The van der Waals surface area contributed by atoms with Crippen LogP contribution < -0.4 is 0 Å². The minimum absolute atomic E-state index is 0.247. The summed E-state index contributed by atoms with van der Waals surface area (Å²) in [6.07, 6.45) is 8.26. The number of ether oxygens (including phenoxy) is 1. The van der Waals surface area contributed by atoms with Crippen molar-refractivity contribution in [2.75, 3.05) is 20.2 Å². The van der Waals surface area contributed by atoms with Gasteiger partial charge in [-0.15, -0.1) is 10.2 Å². The lowest BCUT2D eigenvalue weighted by Crippen LogP contribution is -2.23. The van der Waals surface area contributed by atoms with Crippen LogP contribution in [0.25, 0.3) is 6.08 Å². The summed E-state index contributed by atoms with van der Waals surface area (Å²) in [4.78, 5) is 2.23. The Morgan fingerprint density at radius 3 is 2.90 bits per heavy atom. The van der Waals surface area contributed by atoms with Gasteiger partial charge >= 0.3 is 0 Å². The van der Waals surface area contributed by atoms with Crippen LogP contribution in [0.15, 0.2) is 58.3 Å². The van der Waals surface area contributed by atoms with E-state index in [0.717, 1.165) is 61.6 Å². The van der Waals surface area contributed by atoms with Crippen molar-refractivity contribution in [2.24, 2.45) is 0 Å². The van der Waals surface area contributed by atoms with Gasteiger partial charge in [-0.3, -0.25) is 4.90 Å². The maximum absolute atomic E-state index is 5.91. The van der Waals surface area contributed by atoms with Crippen LogP contribution in [0, 0.1) is 6.92 Å². The third kappa shape index (κ3) is 6.09. The average Bonchev–Trinajstić information content (AvgIpc) is 3.52. The number of furan rings is 1. The van der Waals surface area contributed by atoms with E-state index in [1.807, 2.05) is 18.2 Å². The van der Waals surface area contributed by atoms with Gasteiger partial charge in [-0.2, -0.15) is 0 Å². The van der Waals surface area contributed by atoms with E-state index in [4.69, 9.17) is 9.15 Å². The van der Waals surface area contributed by atoms with Crippen molar-refractivity contribution < 1.29 is 9.15 Å². The Morgan fingerprint density at radius 2 is 2.13 bits per heavy atom. The quantitative estimate of drug-likeness (QED) is 0.424. The van der Waals surface area contributed by atoms with Crippen LogP contribution in [-0.2, 0) is 23.6 Å². The number of aryl methyl sites for hydroxylation is 1. The monoisotopic (exact) mass is 438 g/mol. The predicted molar refractivity (Wildman–Crippen MR) is 124 cm³/mol. The number of nitrogens with zero attached hydrogens (tertiary/aromatic N) is 4. The smallest absolute Gasteiger partial charge is 0.191 e. The number of aromatic nitrogens is 3. The Kier molecular flexibility index (Phi) is 7.61. The molecule has 0 bridgehead atoms. The summed E-state index contributed by atoms with van der Waals surface area (Å²) < 4.78 is 13.5. The highest BCUT2D eigenvalue weighted by Crippen LogP contribution is 2.26. The molecule has 1 aliphatic heterocycles. The van der Waals surface area contributed by atoms with Crippen LogP contribution in [0.2, 0.25) is 0 Å². The molecule has 1 atom stereocenters. The molecule has 1 aromatic carbocycles. The molecular formula is C24H30N4O2S. The Hall–Kier alpha value is -2.35. The molecule has 1 fully saturated rings. The second kappa shape index (κ2) is 10.8. The zero-order chi connectivity index (χ0) is 21.5. The molecule has 2 aromatic heterocycles. The Labute approximate surface area is 188 Å². The number of rotatable bonds is 10. The molecule has 0 aliphatic carbocycles. The maximum atomic E-state index is 5.91. The maximum Gasteiger partial charge on any atom is 0.191 e. The van der Waals surface area contributed by atoms with Crippen molar-refractivity contribution in [3.05, 3.63) is 71.4 Å². The van der Waals surface area contributed by atoms with Gasteiger partial charge in [0.2, 0.25) is 0 Å². The van der Waals surface area contributed by atoms with E-state index in [1.54, 1.807) is 18.0 Å². The number of likely N-dealkylation sites (N-methyl/N-ethyl adjacent to an activating group) is 1. The minimum atomic E-state index is 0.247. The SMILES string of the molecule is Cc1ccccc1CSc1nnc(CN(C)C/C=C/c2ccco2)n1CC1CCCO1. The van der Waals surface area contributed by atoms with E-state index >= 15 is 0 Å². The van der Waals surface area contributed by atoms with Gasteiger partial charge in [-0.1, -0.05) is 42.1 Å². The summed E-state index contributed by atoms with van der Waals surface area (Å²) in [5, 5.41) is 10.0. The Morgan fingerprint density at radius 1 is 1.23 bits per heavy atom. The highest BCUT2D eigenvalue weighted by Gasteiger charge is 2.21. The first-order valence-electron chi connectivity index (χ1n) is 10.8. The number of hydrogen-bond donors (Lipinski definition) is 0. The van der Waals surface area contributed by atoms with Crippen molar-refractivity contribution in [3.8, 4) is 0 Å². The molecule has 0 radical (unpaired) electrons. The third-order valence-corrected chi connectivity index (χ3v) is 6.49. The van der Waals surface area contributed by atoms with E-state index in [0.29, 0.717) is 0 Å². The van der Waals surface area contributed by atoms with E-state index in [9.17, 15) is 0 Å². The highest BCUT2D eigenvalue weighted by molar-refractivity contribution is 7.98. The summed E-state index contributed by atoms with van der Waals surface area (Å²) in [7, 11) is 2.09. The minimum Gasteiger partial charge on any atom is -0.465 e. The topological polar surface area (TPSA) is 56.3 Å². The molecule has 0 spiro atoms. The molecule has 0 amide bonds. The van der Waals surface area contributed by atoms with Gasteiger partial charge in [0, 0.05) is 18.9 Å². The van der Waals surface area contributed by atoms with Crippen LogP contribution in [0.4, 0.5) is 0 Å². The van der Waals surface area contributed by atoms with Gasteiger partial charge in [0.1, 0.15) is 11.6 Å². The normalized spacial score (nSPS) is 16.7. The van der Waals surface area contributed by atoms with Crippen LogP contribution in [0.5, 0.6) is 0 Å². The van der Waals surface area contributed by atoms with Crippen molar-refractivity contribution in [1.29, 1.82) is 0 Å².